The van der Waals surface area contributed by atoms with E-state index in [1.165, 1.54) is 18.5 Å². The predicted molar refractivity (Wildman–Crippen MR) is 95.4 cm³/mol. The highest BCUT2D eigenvalue weighted by Gasteiger charge is 2.29. The van der Waals surface area contributed by atoms with Crippen LogP contribution in [0.1, 0.15) is 19.8 Å². The predicted octanol–water partition coefficient (Wildman–Crippen LogP) is 3.84. The van der Waals surface area contributed by atoms with Crippen LogP contribution in [0.25, 0.3) is 0 Å². The SMILES string of the molecule is CCCCN(c1ccccc1)S(=O)(=O)c1cc(OC)c(OC)cc1F. The number of sulfonamides is 1. The van der Waals surface area contributed by atoms with Crippen LogP contribution in [0.5, 0.6) is 11.5 Å². The Kier molecular flexibility index (Phi) is 6.25. The molecule has 0 aromatic heterocycles. The molecule has 2 aromatic carbocycles. The average molecular weight is 367 g/mol. The minimum atomic E-state index is -4.09. The van der Waals surface area contributed by atoms with Gasteiger partial charge in [0.1, 0.15) is 10.7 Å². The largest absolute Gasteiger partial charge is 0.493 e. The van der Waals surface area contributed by atoms with Crippen molar-refractivity contribution in [3.63, 3.8) is 0 Å². The highest BCUT2D eigenvalue weighted by Crippen LogP contribution is 2.34. The lowest BCUT2D eigenvalue weighted by atomic mass is 10.3. The van der Waals surface area contributed by atoms with E-state index in [0.29, 0.717) is 12.1 Å². The van der Waals surface area contributed by atoms with Crippen LogP contribution < -0.4 is 13.8 Å². The number of nitrogens with zero attached hydrogens (tertiary/aromatic N) is 1. The summed E-state index contributed by atoms with van der Waals surface area (Å²) in [5, 5.41) is 0. The number of hydrogen-bond donors (Lipinski definition) is 0. The Bertz CT molecular complexity index is 809. The molecule has 0 heterocycles. The molecule has 0 aliphatic rings. The second-order valence-electron chi connectivity index (χ2n) is 5.40. The Labute approximate surface area is 148 Å². The number of unbranched alkanes of at least 4 members (excludes halogenated alkanes) is 1. The Morgan fingerprint density at radius 3 is 2.20 bits per heavy atom. The summed E-state index contributed by atoms with van der Waals surface area (Å²) >= 11 is 0. The average Bonchev–Trinajstić information content (AvgIpc) is 2.62. The lowest BCUT2D eigenvalue weighted by Gasteiger charge is -2.25. The molecule has 0 saturated carbocycles. The molecule has 2 rings (SSSR count). The molecule has 25 heavy (non-hydrogen) atoms. The molecule has 7 heteroatoms. The van der Waals surface area contributed by atoms with E-state index in [1.54, 1.807) is 30.3 Å². The van der Waals surface area contributed by atoms with Crippen molar-refractivity contribution in [2.24, 2.45) is 0 Å². The van der Waals surface area contributed by atoms with Crippen LogP contribution in [0.2, 0.25) is 0 Å². The summed E-state index contributed by atoms with van der Waals surface area (Å²) in [6.07, 6.45) is 1.47. The molecule has 5 nitrogen and oxygen atoms in total. The molecule has 0 aliphatic carbocycles. The first-order chi connectivity index (χ1) is 12.0. The normalized spacial score (nSPS) is 11.2. The lowest BCUT2D eigenvalue weighted by Crippen LogP contribution is -2.32. The summed E-state index contributed by atoms with van der Waals surface area (Å²) < 4.78 is 52.1. The minimum Gasteiger partial charge on any atom is -0.493 e. The maximum Gasteiger partial charge on any atom is 0.267 e. The molecule has 0 N–H and O–H groups in total. The van der Waals surface area contributed by atoms with Gasteiger partial charge in [0.25, 0.3) is 10.0 Å². The van der Waals surface area contributed by atoms with Crippen molar-refractivity contribution in [3.05, 3.63) is 48.3 Å². The van der Waals surface area contributed by atoms with Gasteiger partial charge >= 0.3 is 0 Å². The number of methoxy groups -OCH3 is 2. The molecule has 0 bridgehead atoms. The second-order valence-corrected chi connectivity index (χ2v) is 7.23. The summed E-state index contributed by atoms with van der Waals surface area (Å²) in [5.41, 5.74) is 0.491. The van der Waals surface area contributed by atoms with E-state index in [1.807, 2.05) is 6.92 Å². The molecular formula is C18H22FNO4S. The smallest absolute Gasteiger partial charge is 0.267 e. The molecule has 0 spiro atoms. The van der Waals surface area contributed by atoms with E-state index < -0.39 is 20.7 Å². The number of rotatable bonds is 8. The van der Waals surface area contributed by atoms with Crippen molar-refractivity contribution >= 4 is 15.7 Å². The molecule has 0 fully saturated rings. The van der Waals surface area contributed by atoms with Crippen LogP contribution in [0, 0.1) is 5.82 Å². The number of ether oxygens (including phenoxy) is 2. The van der Waals surface area contributed by atoms with Gasteiger partial charge in [0.15, 0.2) is 11.5 Å². The van der Waals surface area contributed by atoms with E-state index in [2.05, 4.69) is 0 Å². The first-order valence-electron chi connectivity index (χ1n) is 7.95. The van der Waals surface area contributed by atoms with E-state index in [9.17, 15) is 12.8 Å². The number of anilines is 1. The summed E-state index contributed by atoms with van der Waals surface area (Å²) in [6.45, 7) is 2.23. The van der Waals surface area contributed by atoms with Gasteiger partial charge in [-0.3, -0.25) is 4.31 Å². The van der Waals surface area contributed by atoms with Gasteiger partial charge in [0, 0.05) is 18.7 Å². The van der Waals surface area contributed by atoms with Crippen LogP contribution in [-0.4, -0.2) is 29.2 Å². The first kappa shape index (κ1) is 19.1. The molecule has 2 aromatic rings. The standard InChI is InChI=1S/C18H22FNO4S/c1-4-5-11-20(14-9-7-6-8-10-14)25(21,22)18-13-17(24-3)16(23-2)12-15(18)19/h6-10,12-13H,4-5,11H2,1-3H3. The highest BCUT2D eigenvalue weighted by atomic mass is 32.2. The zero-order chi connectivity index (χ0) is 18.4. The minimum absolute atomic E-state index is 0.138. The van der Waals surface area contributed by atoms with Gasteiger partial charge in [-0.25, -0.2) is 12.8 Å². The fourth-order valence-corrected chi connectivity index (χ4v) is 4.00. The van der Waals surface area contributed by atoms with Gasteiger partial charge in [0.05, 0.1) is 19.9 Å². The van der Waals surface area contributed by atoms with Crippen molar-refractivity contribution in [1.82, 2.24) is 0 Å². The van der Waals surface area contributed by atoms with Gasteiger partial charge in [-0.2, -0.15) is 0 Å². The van der Waals surface area contributed by atoms with Crippen molar-refractivity contribution < 1.29 is 22.3 Å². The Morgan fingerprint density at radius 1 is 1.04 bits per heavy atom. The topological polar surface area (TPSA) is 55.8 Å². The van der Waals surface area contributed by atoms with Crippen LogP contribution in [-0.2, 0) is 10.0 Å². The molecule has 0 aliphatic heterocycles. The highest BCUT2D eigenvalue weighted by molar-refractivity contribution is 7.92. The van der Waals surface area contributed by atoms with E-state index in [-0.39, 0.29) is 18.0 Å². The second kappa shape index (κ2) is 8.20. The monoisotopic (exact) mass is 367 g/mol. The molecule has 0 saturated heterocycles. The summed E-state index contributed by atoms with van der Waals surface area (Å²) in [7, 11) is -1.35. The van der Waals surface area contributed by atoms with Crippen LogP contribution in [0.15, 0.2) is 47.4 Å². The van der Waals surface area contributed by atoms with Gasteiger partial charge in [-0.05, 0) is 18.6 Å². The molecule has 0 unspecified atom stereocenters. The summed E-state index contributed by atoms with van der Waals surface area (Å²) in [4.78, 5) is -0.440. The molecule has 0 amide bonds. The number of hydrogen-bond acceptors (Lipinski definition) is 4. The van der Waals surface area contributed by atoms with E-state index in [4.69, 9.17) is 9.47 Å². The summed E-state index contributed by atoms with van der Waals surface area (Å²) in [6, 6.07) is 10.8. The lowest BCUT2D eigenvalue weighted by molar-refractivity contribution is 0.350. The fourth-order valence-electron chi connectivity index (χ4n) is 2.44. The van der Waals surface area contributed by atoms with Crippen LogP contribution in [0.4, 0.5) is 10.1 Å². The third kappa shape index (κ3) is 4.04. The van der Waals surface area contributed by atoms with Gasteiger partial charge in [-0.1, -0.05) is 31.5 Å². The van der Waals surface area contributed by atoms with E-state index >= 15 is 0 Å². The Morgan fingerprint density at radius 2 is 1.64 bits per heavy atom. The summed E-state index contributed by atoms with van der Waals surface area (Å²) in [5.74, 6) is -0.583. The number of para-hydroxylation sites is 1. The number of halogens is 1. The van der Waals surface area contributed by atoms with Gasteiger partial charge in [0.2, 0.25) is 0 Å². The van der Waals surface area contributed by atoms with Crippen LogP contribution in [0.3, 0.4) is 0 Å². The zero-order valence-corrected chi connectivity index (χ0v) is 15.3. The maximum absolute atomic E-state index is 14.5. The van der Waals surface area contributed by atoms with Crippen molar-refractivity contribution in [2.45, 2.75) is 24.7 Å². The third-order valence-corrected chi connectivity index (χ3v) is 5.61. The number of benzene rings is 2. The molecule has 0 atom stereocenters. The van der Waals surface area contributed by atoms with E-state index in [0.717, 1.165) is 18.6 Å². The van der Waals surface area contributed by atoms with Gasteiger partial charge in [-0.15, -0.1) is 0 Å². The maximum atomic E-state index is 14.5. The first-order valence-corrected chi connectivity index (χ1v) is 9.39. The van der Waals surface area contributed by atoms with Crippen molar-refractivity contribution in [1.29, 1.82) is 0 Å². The molecular weight excluding hydrogens is 345 g/mol. The van der Waals surface area contributed by atoms with Crippen molar-refractivity contribution in [3.8, 4) is 11.5 Å². The molecule has 0 radical (unpaired) electrons. The Balaban J connectivity index is 2.57. The van der Waals surface area contributed by atoms with Gasteiger partial charge < -0.3 is 9.47 Å². The zero-order valence-electron chi connectivity index (χ0n) is 14.5. The third-order valence-electron chi connectivity index (χ3n) is 3.77. The van der Waals surface area contributed by atoms with Crippen molar-refractivity contribution in [2.75, 3.05) is 25.1 Å². The fraction of sp³-hybridized carbons (Fsp3) is 0.333. The quantitative estimate of drug-likeness (QED) is 0.711. The Hall–Kier alpha value is -2.28. The molecule has 136 valence electrons. The van der Waals surface area contributed by atoms with Crippen LogP contribution >= 0.6 is 0 Å².